The molecule has 2 aromatic carbocycles. The molecule has 21 heavy (non-hydrogen) atoms. The highest BCUT2D eigenvalue weighted by molar-refractivity contribution is 6.30. The van der Waals surface area contributed by atoms with Gasteiger partial charge >= 0.3 is 0 Å². The monoisotopic (exact) mass is 297 g/mol. The lowest BCUT2D eigenvalue weighted by Gasteiger charge is -2.04. The van der Waals surface area contributed by atoms with Crippen LogP contribution in [0.3, 0.4) is 0 Å². The zero-order valence-electron chi connectivity index (χ0n) is 11.5. The number of hydrogen-bond acceptors (Lipinski definition) is 2. The zero-order valence-corrected chi connectivity index (χ0v) is 12.3. The third-order valence-electron chi connectivity index (χ3n) is 3.23. The van der Waals surface area contributed by atoms with Crippen LogP contribution in [0.1, 0.15) is 11.1 Å². The average molecular weight is 298 g/mol. The molecule has 0 aliphatic carbocycles. The molecule has 0 bridgehead atoms. The van der Waals surface area contributed by atoms with Crippen molar-refractivity contribution in [3.63, 3.8) is 0 Å². The minimum absolute atomic E-state index is 0.758. The first kappa shape index (κ1) is 13.7. The number of rotatable bonds is 5. The highest BCUT2D eigenvalue weighted by Crippen LogP contribution is 2.12. The van der Waals surface area contributed by atoms with E-state index >= 15 is 0 Å². The molecule has 0 amide bonds. The molecule has 3 nitrogen and oxygen atoms in total. The molecule has 1 aromatic heterocycles. The van der Waals surface area contributed by atoms with Gasteiger partial charge in [-0.2, -0.15) is 5.10 Å². The van der Waals surface area contributed by atoms with Crippen molar-refractivity contribution in [3.05, 3.63) is 83.1 Å². The number of halogens is 1. The van der Waals surface area contributed by atoms with Crippen molar-refractivity contribution >= 4 is 17.3 Å². The largest absolute Gasteiger partial charge is 0.378 e. The van der Waals surface area contributed by atoms with Crippen LogP contribution in [-0.2, 0) is 13.1 Å². The summed E-state index contributed by atoms with van der Waals surface area (Å²) in [5.74, 6) is 0. The van der Waals surface area contributed by atoms with Gasteiger partial charge in [-0.15, -0.1) is 0 Å². The van der Waals surface area contributed by atoms with E-state index in [4.69, 9.17) is 11.6 Å². The molecule has 0 saturated heterocycles. The van der Waals surface area contributed by atoms with Crippen molar-refractivity contribution < 1.29 is 0 Å². The fourth-order valence-electron chi connectivity index (χ4n) is 2.12. The van der Waals surface area contributed by atoms with Gasteiger partial charge in [-0.05, 0) is 23.3 Å². The van der Waals surface area contributed by atoms with Crippen molar-refractivity contribution in [2.45, 2.75) is 13.1 Å². The lowest BCUT2D eigenvalue weighted by atomic mass is 10.2. The summed E-state index contributed by atoms with van der Waals surface area (Å²) in [7, 11) is 0. The van der Waals surface area contributed by atoms with Gasteiger partial charge in [0.2, 0.25) is 0 Å². The summed E-state index contributed by atoms with van der Waals surface area (Å²) in [5, 5.41) is 8.49. The van der Waals surface area contributed by atoms with Gasteiger partial charge in [0.1, 0.15) is 0 Å². The van der Waals surface area contributed by atoms with E-state index in [-0.39, 0.29) is 0 Å². The first-order chi connectivity index (χ1) is 10.3. The average Bonchev–Trinajstić information content (AvgIpc) is 2.95. The first-order valence-corrected chi connectivity index (χ1v) is 7.22. The maximum atomic E-state index is 5.88. The molecule has 3 rings (SSSR count). The molecule has 0 aliphatic rings. The molecule has 0 atom stereocenters. The van der Waals surface area contributed by atoms with Crippen LogP contribution >= 0.6 is 11.6 Å². The maximum Gasteiger partial charge on any atom is 0.0729 e. The van der Waals surface area contributed by atoms with Gasteiger partial charge in [0.05, 0.1) is 18.4 Å². The standard InChI is InChI=1S/C17H16ClN3/c18-16-8-6-14(7-9-16)10-19-17-11-20-21(13-17)12-15-4-2-1-3-5-15/h1-9,11,13,19H,10,12H2. The van der Waals surface area contributed by atoms with E-state index in [9.17, 15) is 0 Å². The van der Waals surface area contributed by atoms with Gasteiger partial charge in [0.15, 0.2) is 0 Å². The van der Waals surface area contributed by atoms with E-state index in [0.29, 0.717) is 0 Å². The Morgan fingerprint density at radius 1 is 0.952 bits per heavy atom. The minimum atomic E-state index is 0.758. The van der Waals surface area contributed by atoms with Crippen LogP contribution in [0.4, 0.5) is 5.69 Å². The quantitative estimate of drug-likeness (QED) is 0.765. The molecule has 0 radical (unpaired) electrons. The van der Waals surface area contributed by atoms with E-state index in [1.54, 1.807) is 0 Å². The summed E-state index contributed by atoms with van der Waals surface area (Å²) in [5.41, 5.74) is 3.45. The fraction of sp³-hybridized carbons (Fsp3) is 0.118. The van der Waals surface area contributed by atoms with Gasteiger partial charge in [0, 0.05) is 17.8 Å². The second kappa shape index (κ2) is 6.46. The molecule has 4 heteroatoms. The third-order valence-corrected chi connectivity index (χ3v) is 3.48. The Hall–Kier alpha value is -2.26. The van der Waals surface area contributed by atoms with Crippen LogP contribution < -0.4 is 5.32 Å². The van der Waals surface area contributed by atoms with E-state index in [0.717, 1.165) is 23.8 Å². The van der Waals surface area contributed by atoms with Crippen molar-refractivity contribution in [2.75, 3.05) is 5.32 Å². The van der Waals surface area contributed by atoms with Crippen LogP contribution in [0, 0.1) is 0 Å². The summed E-state index contributed by atoms with van der Waals surface area (Å²) < 4.78 is 1.93. The van der Waals surface area contributed by atoms with Crippen LogP contribution in [-0.4, -0.2) is 9.78 Å². The summed E-state index contributed by atoms with van der Waals surface area (Å²) >= 11 is 5.88. The Labute approximate surface area is 129 Å². The summed E-state index contributed by atoms with van der Waals surface area (Å²) in [6, 6.07) is 18.1. The Balaban J connectivity index is 1.59. The van der Waals surface area contributed by atoms with Crippen LogP contribution in [0.25, 0.3) is 0 Å². The Bertz CT molecular complexity index is 690. The van der Waals surface area contributed by atoms with E-state index in [2.05, 4.69) is 22.5 Å². The SMILES string of the molecule is Clc1ccc(CNc2cnn(Cc3ccccc3)c2)cc1. The zero-order chi connectivity index (χ0) is 14.5. The Morgan fingerprint density at radius 2 is 1.71 bits per heavy atom. The number of anilines is 1. The normalized spacial score (nSPS) is 10.5. The predicted molar refractivity (Wildman–Crippen MR) is 86.5 cm³/mol. The second-order valence-corrected chi connectivity index (χ2v) is 5.33. The molecule has 0 aliphatic heterocycles. The van der Waals surface area contributed by atoms with Crippen molar-refractivity contribution in [1.82, 2.24) is 9.78 Å². The number of nitrogens with zero attached hydrogens (tertiary/aromatic N) is 2. The Morgan fingerprint density at radius 3 is 2.48 bits per heavy atom. The molecule has 1 N–H and O–H groups in total. The van der Waals surface area contributed by atoms with Gasteiger partial charge in [0.25, 0.3) is 0 Å². The van der Waals surface area contributed by atoms with Crippen LogP contribution in [0.2, 0.25) is 5.02 Å². The molecule has 0 spiro atoms. The first-order valence-electron chi connectivity index (χ1n) is 6.84. The molecule has 0 fully saturated rings. The fourth-order valence-corrected chi connectivity index (χ4v) is 2.24. The summed E-state index contributed by atoms with van der Waals surface area (Å²) in [6.07, 6.45) is 3.86. The maximum absolute atomic E-state index is 5.88. The topological polar surface area (TPSA) is 29.9 Å². The highest BCUT2D eigenvalue weighted by Gasteiger charge is 2.00. The van der Waals surface area contributed by atoms with Crippen LogP contribution in [0.15, 0.2) is 67.0 Å². The van der Waals surface area contributed by atoms with Crippen molar-refractivity contribution in [2.24, 2.45) is 0 Å². The Kier molecular flexibility index (Phi) is 4.22. The molecular weight excluding hydrogens is 282 g/mol. The predicted octanol–water partition coefficient (Wildman–Crippen LogP) is 4.20. The van der Waals surface area contributed by atoms with E-state index < -0.39 is 0 Å². The molecular formula is C17H16ClN3. The molecule has 0 saturated carbocycles. The highest BCUT2D eigenvalue weighted by atomic mass is 35.5. The minimum Gasteiger partial charge on any atom is -0.378 e. The second-order valence-electron chi connectivity index (χ2n) is 4.89. The third kappa shape index (κ3) is 3.86. The van der Waals surface area contributed by atoms with Gasteiger partial charge in [-0.1, -0.05) is 54.1 Å². The molecule has 1 heterocycles. The van der Waals surface area contributed by atoms with Gasteiger partial charge < -0.3 is 5.32 Å². The van der Waals surface area contributed by atoms with Gasteiger partial charge in [-0.25, -0.2) is 0 Å². The smallest absolute Gasteiger partial charge is 0.0729 e. The molecule has 0 unspecified atom stereocenters. The lowest BCUT2D eigenvalue weighted by molar-refractivity contribution is 0.687. The number of hydrogen-bond donors (Lipinski definition) is 1. The van der Waals surface area contributed by atoms with E-state index in [1.807, 2.05) is 59.5 Å². The number of benzene rings is 2. The van der Waals surface area contributed by atoms with Crippen LogP contribution in [0.5, 0.6) is 0 Å². The summed E-state index contributed by atoms with van der Waals surface area (Å²) in [4.78, 5) is 0. The number of nitrogens with one attached hydrogen (secondary N) is 1. The van der Waals surface area contributed by atoms with E-state index in [1.165, 1.54) is 11.1 Å². The number of aromatic nitrogens is 2. The van der Waals surface area contributed by atoms with Crippen molar-refractivity contribution in [1.29, 1.82) is 0 Å². The molecule has 3 aromatic rings. The lowest BCUT2D eigenvalue weighted by Crippen LogP contribution is -2.00. The van der Waals surface area contributed by atoms with Gasteiger partial charge in [-0.3, -0.25) is 4.68 Å². The van der Waals surface area contributed by atoms with Crippen molar-refractivity contribution in [3.8, 4) is 0 Å². The summed E-state index contributed by atoms with van der Waals surface area (Å²) in [6.45, 7) is 1.54. The molecule has 106 valence electrons.